The van der Waals surface area contributed by atoms with E-state index >= 15 is 0 Å². The van der Waals surface area contributed by atoms with Crippen molar-refractivity contribution in [3.63, 3.8) is 0 Å². The second kappa shape index (κ2) is 7.70. The van der Waals surface area contributed by atoms with Crippen LogP contribution < -0.4 is 14.2 Å². The topological polar surface area (TPSA) is 61.8 Å². The molecule has 0 saturated carbocycles. The fourth-order valence-corrected chi connectivity index (χ4v) is 2.65. The molecule has 3 aromatic rings. The smallest absolute Gasteiger partial charge is 0.308 e. The van der Waals surface area contributed by atoms with E-state index in [9.17, 15) is 9.59 Å². The van der Waals surface area contributed by atoms with Gasteiger partial charge in [0.05, 0.1) is 5.39 Å². The number of esters is 2. The SMILES string of the molecule is CC(=O)Oc1ccc(OC(C)=O)c2c(OCc3ccccc3)cccc12. The monoisotopic (exact) mass is 350 g/mol. The second-order valence-corrected chi connectivity index (χ2v) is 5.70. The Morgan fingerprint density at radius 1 is 0.731 bits per heavy atom. The number of hydrogen-bond donors (Lipinski definition) is 0. The average molecular weight is 350 g/mol. The molecule has 0 spiro atoms. The number of carbonyl (C=O) groups is 2. The van der Waals surface area contributed by atoms with Crippen molar-refractivity contribution >= 4 is 22.7 Å². The Labute approximate surface area is 151 Å². The summed E-state index contributed by atoms with van der Waals surface area (Å²) in [6.45, 7) is 3.03. The molecule has 0 aliphatic heterocycles. The molecule has 3 aromatic carbocycles. The molecule has 0 aliphatic rings. The Kier molecular flexibility index (Phi) is 5.17. The Bertz CT molecular complexity index is 947. The largest absolute Gasteiger partial charge is 0.488 e. The van der Waals surface area contributed by atoms with Crippen LogP contribution in [0, 0.1) is 0 Å². The fourth-order valence-electron chi connectivity index (χ4n) is 2.65. The molecule has 5 nitrogen and oxygen atoms in total. The lowest BCUT2D eigenvalue weighted by Crippen LogP contribution is -2.05. The maximum Gasteiger partial charge on any atom is 0.308 e. The van der Waals surface area contributed by atoms with E-state index < -0.39 is 11.9 Å². The third-order valence-electron chi connectivity index (χ3n) is 3.67. The number of rotatable bonds is 5. The fraction of sp³-hybridized carbons (Fsp3) is 0.143. The van der Waals surface area contributed by atoms with Crippen LogP contribution in [-0.2, 0) is 16.2 Å². The van der Waals surface area contributed by atoms with Gasteiger partial charge in [-0.2, -0.15) is 0 Å². The van der Waals surface area contributed by atoms with E-state index in [1.807, 2.05) is 30.3 Å². The highest BCUT2D eigenvalue weighted by atomic mass is 16.5. The lowest BCUT2D eigenvalue weighted by Gasteiger charge is -2.15. The predicted molar refractivity (Wildman–Crippen MR) is 97.3 cm³/mol. The van der Waals surface area contributed by atoms with Gasteiger partial charge in [0.15, 0.2) is 0 Å². The molecule has 0 radical (unpaired) electrons. The van der Waals surface area contributed by atoms with Crippen LogP contribution >= 0.6 is 0 Å². The Morgan fingerprint density at radius 3 is 2.08 bits per heavy atom. The molecule has 0 atom stereocenters. The molecule has 132 valence electrons. The minimum Gasteiger partial charge on any atom is -0.488 e. The molecular formula is C21H18O5. The molecule has 0 bridgehead atoms. The Balaban J connectivity index is 2.06. The van der Waals surface area contributed by atoms with E-state index in [1.54, 1.807) is 30.3 Å². The van der Waals surface area contributed by atoms with Crippen LogP contribution in [0.3, 0.4) is 0 Å². The van der Waals surface area contributed by atoms with Gasteiger partial charge in [-0.25, -0.2) is 0 Å². The van der Waals surface area contributed by atoms with Gasteiger partial charge in [-0.3, -0.25) is 9.59 Å². The van der Waals surface area contributed by atoms with E-state index in [0.29, 0.717) is 34.6 Å². The van der Waals surface area contributed by atoms with Gasteiger partial charge >= 0.3 is 11.9 Å². The molecule has 5 heteroatoms. The molecule has 0 fully saturated rings. The van der Waals surface area contributed by atoms with Crippen LogP contribution in [0.4, 0.5) is 0 Å². The lowest BCUT2D eigenvalue weighted by atomic mass is 10.1. The van der Waals surface area contributed by atoms with Gasteiger partial charge in [-0.05, 0) is 23.8 Å². The van der Waals surface area contributed by atoms with Crippen LogP contribution in [0.1, 0.15) is 19.4 Å². The first-order chi connectivity index (χ1) is 12.5. The molecule has 0 amide bonds. The van der Waals surface area contributed by atoms with Crippen LogP contribution in [-0.4, -0.2) is 11.9 Å². The van der Waals surface area contributed by atoms with Gasteiger partial charge in [0, 0.05) is 19.2 Å². The van der Waals surface area contributed by atoms with Crippen molar-refractivity contribution in [2.45, 2.75) is 20.5 Å². The second-order valence-electron chi connectivity index (χ2n) is 5.70. The van der Waals surface area contributed by atoms with Crippen LogP contribution in [0.25, 0.3) is 10.8 Å². The Morgan fingerprint density at radius 2 is 1.38 bits per heavy atom. The molecule has 0 aromatic heterocycles. The van der Waals surface area contributed by atoms with E-state index in [1.165, 1.54) is 13.8 Å². The molecule has 0 aliphatic carbocycles. The summed E-state index contributed by atoms with van der Waals surface area (Å²) in [5.74, 6) is 0.406. The molecule has 0 heterocycles. The third kappa shape index (κ3) is 4.00. The Hall–Kier alpha value is -3.34. The summed E-state index contributed by atoms with van der Waals surface area (Å²) >= 11 is 0. The van der Waals surface area contributed by atoms with Crippen molar-refractivity contribution in [3.8, 4) is 17.2 Å². The molecule has 0 saturated heterocycles. The number of carbonyl (C=O) groups excluding carboxylic acids is 2. The van der Waals surface area contributed by atoms with Gasteiger partial charge in [0.1, 0.15) is 23.9 Å². The zero-order chi connectivity index (χ0) is 18.5. The highest BCUT2D eigenvalue weighted by Gasteiger charge is 2.15. The summed E-state index contributed by atoms with van der Waals surface area (Å²) in [4.78, 5) is 22.8. The van der Waals surface area contributed by atoms with Crippen LogP contribution in [0.15, 0.2) is 60.7 Å². The van der Waals surface area contributed by atoms with Gasteiger partial charge < -0.3 is 14.2 Å². The quantitative estimate of drug-likeness (QED) is 0.508. The molecular weight excluding hydrogens is 332 g/mol. The predicted octanol–water partition coefficient (Wildman–Crippen LogP) is 4.27. The van der Waals surface area contributed by atoms with E-state index in [0.717, 1.165) is 5.56 Å². The van der Waals surface area contributed by atoms with Crippen molar-refractivity contribution < 1.29 is 23.8 Å². The van der Waals surface area contributed by atoms with Gasteiger partial charge in [0.2, 0.25) is 0 Å². The van der Waals surface area contributed by atoms with Gasteiger partial charge in [-0.1, -0.05) is 42.5 Å². The maximum atomic E-state index is 11.5. The van der Waals surface area contributed by atoms with E-state index in [2.05, 4.69) is 0 Å². The summed E-state index contributed by atoms with van der Waals surface area (Å²) < 4.78 is 16.5. The summed E-state index contributed by atoms with van der Waals surface area (Å²) in [6.07, 6.45) is 0. The first kappa shape index (κ1) is 17.5. The van der Waals surface area contributed by atoms with Crippen molar-refractivity contribution in [2.24, 2.45) is 0 Å². The average Bonchev–Trinajstić information content (AvgIpc) is 2.62. The lowest BCUT2D eigenvalue weighted by molar-refractivity contribution is -0.132. The van der Waals surface area contributed by atoms with Crippen LogP contribution in [0.5, 0.6) is 17.2 Å². The van der Waals surface area contributed by atoms with Crippen LogP contribution in [0.2, 0.25) is 0 Å². The zero-order valence-electron chi connectivity index (χ0n) is 14.5. The molecule has 26 heavy (non-hydrogen) atoms. The van der Waals surface area contributed by atoms with Crippen molar-refractivity contribution in [3.05, 3.63) is 66.2 Å². The first-order valence-corrected chi connectivity index (χ1v) is 8.14. The number of benzene rings is 3. The standard InChI is InChI=1S/C21H18O5/c1-14(22)25-18-11-12-20(26-15(2)23)21-17(18)9-6-10-19(21)24-13-16-7-4-3-5-8-16/h3-12H,13H2,1-2H3. The van der Waals surface area contributed by atoms with Crippen molar-refractivity contribution in [1.82, 2.24) is 0 Å². The number of ether oxygens (including phenoxy) is 3. The normalized spacial score (nSPS) is 10.4. The molecule has 0 N–H and O–H groups in total. The summed E-state index contributed by atoms with van der Waals surface area (Å²) in [5, 5.41) is 1.21. The van der Waals surface area contributed by atoms with E-state index in [-0.39, 0.29) is 0 Å². The van der Waals surface area contributed by atoms with Gasteiger partial charge in [0.25, 0.3) is 0 Å². The molecule has 3 rings (SSSR count). The van der Waals surface area contributed by atoms with Crippen molar-refractivity contribution in [2.75, 3.05) is 0 Å². The first-order valence-electron chi connectivity index (χ1n) is 8.14. The minimum absolute atomic E-state index is 0.354. The summed E-state index contributed by atoms with van der Waals surface area (Å²) in [7, 11) is 0. The number of hydrogen-bond acceptors (Lipinski definition) is 5. The maximum absolute atomic E-state index is 11.5. The highest BCUT2D eigenvalue weighted by Crippen LogP contribution is 2.39. The zero-order valence-corrected chi connectivity index (χ0v) is 14.5. The van der Waals surface area contributed by atoms with Crippen molar-refractivity contribution in [1.29, 1.82) is 0 Å². The third-order valence-corrected chi connectivity index (χ3v) is 3.67. The summed E-state index contributed by atoms with van der Waals surface area (Å²) in [5.41, 5.74) is 1.01. The number of fused-ring (bicyclic) bond motifs is 1. The minimum atomic E-state index is -0.440. The summed E-state index contributed by atoms with van der Waals surface area (Å²) in [6, 6.07) is 18.3. The van der Waals surface area contributed by atoms with Gasteiger partial charge in [-0.15, -0.1) is 0 Å². The highest BCUT2D eigenvalue weighted by molar-refractivity contribution is 5.99. The van der Waals surface area contributed by atoms with E-state index in [4.69, 9.17) is 14.2 Å². The molecule has 0 unspecified atom stereocenters.